The van der Waals surface area contributed by atoms with Crippen molar-refractivity contribution in [2.45, 2.75) is 130 Å². The van der Waals surface area contributed by atoms with Crippen molar-refractivity contribution in [3.63, 3.8) is 0 Å². The van der Waals surface area contributed by atoms with Gasteiger partial charge in [-0.2, -0.15) is 0 Å². The first kappa shape index (κ1) is 28.6. The predicted octanol–water partition coefficient (Wildman–Crippen LogP) is 5.94. The molecule has 6 heteroatoms. The number of fused-ring (bicyclic) bond motifs is 5. The van der Waals surface area contributed by atoms with Crippen LogP contribution in [0.1, 0.15) is 113 Å². The number of hydrogen-bond donors (Lipinski definition) is 2. The van der Waals surface area contributed by atoms with E-state index >= 15 is 0 Å². The molecule has 4 aliphatic carbocycles. The third-order valence-electron chi connectivity index (χ3n) is 11.1. The maximum atomic E-state index is 12.0. The van der Waals surface area contributed by atoms with Crippen LogP contribution in [-0.4, -0.2) is 39.6 Å². The van der Waals surface area contributed by atoms with Gasteiger partial charge >= 0.3 is 11.9 Å². The molecular formula is C31H50O6. The van der Waals surface area contributed by atoms with E-state index in [0.717, 1.165) is 19.3 Å². The van der Waals surface area contributed by atoms with Crippen LogP contribution < -0.4 is 0 Å². The van der Waals surface area contributed by atoms with Crippen LogP contribution in [0.15, 0.2) is 11.6 Å². The Bertz CT molecular complexity index is 919. The topological polar surface area (TPSA) is 93.1 Å². The van der Waals surface area contributed by atoms with Crippen LogP contribution >= 0.6 is 0 Å². The number of carbonyl (C=O) groups excluding carboxylic acids is 2. The summed E-state index contributed by atoms with van der Waals surface area (Å²) in [4.78, 5) is 23.6. The van der Waals surface area contributed by atoms with Crippen molar-refractivity contribution in [2.75, 3.05) is 0 Å². The first-order chi connectivity index (χ1) is 17.1. The highest BCUT2D eigenvalue weighted by molar-refractivity contribution is 5.66. The highest BCUT2D eigenvalue weighted by Crippen LogP contribution is 2.68. The lowest BCUT2D eigenvalue weighted by atomic mass is 9.46. The number of hydrogen-bond acceptors (Lipinski definition) is 6. The zero-order chi connectivity index (χ0) is 27.4. The summed E-state index contributed by atoms with van der Waals surface area (Å²) in [5.41, 5.74) is 0.758. The molecule has 0 radical (unpaired) electrons. The molecule has 9 atom stereocenters. The van der Waals surface area contributed by atoms with Crippen LogP contribution in [0.4, 0.5) is 0 Å². The van der Waals surface area contributed by atoms with Gasteiger partial charge in [-0.25, -0.2) is 0 Å². The third-order valence-corrected chi connectivity index (χ3v) is 11.1. The van der Waals surface area contributed by atoms with Gasteiger partial charge in [-0.05, 0) is 106 Å². The summed E-state index contributed by atoms with van der Waals surface area (Å²) >= 11 is 0. The van der Waals surface area contributed by atoms with Gasteiger partial charge in [0.1, 0.15) is 6.10 Å². The molecule has 0 aromatic rings. The quantitative estimate of drug-likeness (QED) is 0.246. The second-order valence-corrected chi connectivity index (χ2v) is 14.1. The maximum absolute atomic E-state index is 12.0. The van der Waals surface area contributed by atoms with E-state index in [1.807, 2.05) is 13.8 Å². The number of carbonyl (C=O) groups is 2. The first-order valence-electron chi connectivity index (χ1n) is 14.6. The molecule has 37 heavy (non-hydrogen) atoms. The molecule has 0 aromatic carbocycles. The molecule has 0 spiro atoms. The molecule has 2 unspecified atom stereocenters. The minimum atomic E-state index is -1.37. The van der Waals surface area contributed by atoms with Gasteiger partial charge < -0.3 is 19.7 Å². The minimum absolute atomic E-state index is 0.0489. The molecule has 3 fully saturated rings. The molecule has 0 bridgehead atoms. The first-order valence-corrected chi connectivity index (χ1v) is 14.6. The molecule has 0 aliphatic heterocycles. The van der Waals surface area contributed by atoms with Crippen LogP contribution in [0.5, 0.6) is 0 Å². The Morgan fingerprint density at radius 1 is 1.08 bits per heavy atom. The lowest BCUT2D eigenvalue weighted by Gasteiger charge is -2.59. The van der Waals surface area contributed by atoms with Gasteiger partial charge in [-0.15, -0.1) is 0 Å². The van der Waals surface area contributed by atoms with E-state index in [0.29, 0.717) is 49.4 Å². The maximum Gasteiger partial charge on any atom is 0.305 e. The number of allylic oxidation sites excluding steroid dienone is 1. The SMILES string of the molecule is CC(=O)OC(CCC(C)(C)O)[C@@H](C)[C@H]1CC[C@H]2[C@@H]3CC=C4CC(O)(OC(C)=O)CC[C@]4(C)[C@H]3CC[C@]12C. The fourth-order valence-electron chi connectivity index (χ4n) is 9.27. The zero-order valence-electron chi connectivity index (χ0n) is 24.1. The second kappa shape index (κ2) is 9.97. The number of ether oxygens (including phenoxy) is 2. The summed E-state index contributed by atoms with van der Waals surface area (Å²) in [5, 5.41) is 21.3. The Hall–Kier alpha value is -1.40. The van der Waals surface area contributed by atoms with Crippen molar-refractivity contribution < 1.29 is 29.3 Å². The average molecular weight is 519 g/mol. The van der Waals surface area contributed by atoms with E-state index in [1.165, 1.54) is 38.7 Å². The van der Waals surface area contributed by atoms with Crippen molar-refractivity contribution in [2.24, 2.45) is 40.4 Å². The van der Waals surface area contributed by atoms with Gasteiger partial charge in [-0.3, -0.25) is 9.59 Å². The van der Waals surface area contributed by atoms with Crippen molar-refractivity contribution in [1.29, 1.82) is 0 Å². The summed E-state index contributed by atoms with van der Waals surface area (Å²) in [6.45, 7) is 13.6. The summed E-state index contributed by atoms with van der Waals surface area (Å²) < 4.78 is 11.2. The Balaban J connectivity index is 1.53. The summed E-state index contributed by atoms with van der Waals surface area (Å²) in [6, 6.07) is 0. The molecule has 4 aliphatic rings. The molecule has 4 rings (SSSR count). The number of aliphatic hydroxyl groups is 2. The largest absolute Gasteiger partial charge is 0.462 e. The second-order valence-electron chi connectivity index (χ2n) is 14.1. The summed E-state index contributed by atoms with van der Waals surface area (Å²) in [5.74, 6) is 0.550. The molecule has 6 nitrogen and oxygen atoms in total. The van der Waals surface area contributed by atoms with Crippen molar-refractivity contribution in [3.05, 3.63) is 11.6 Å². The lowest BCUT2D eigenvalue weighted by Crippen LogP contribution is -2.53. The Labute approximate surface area is 223 Å². The van der Waals surface area contributed by atoms with E-state index < -0.39 is 17.4 Å². The fraction of sp³-hybridized carbons (Fsp3) is 0.871. The Kier molecular flexibility index (Phi) is 7.71. The standard InChI is InChI=1S/C31H50O6/c1-19(27(36-20(2)32)13-14-28(4,5)34)24-10-11-25-23-9-8-22-18-31(35,37-21(3)33)17-16-29(22,6)26(23)12-15-30(24,25)7/h8,19,23-27,34-35H,9-18H2,1-7H3/t19-,23-,24+,25-,26-,27?,29-,30+,31?/m0/s1. The van der Waals surface area contributed by atoms with E-state index in [4.69, 9.17) is 9.47 Å². The van der Waals surface area contributed by atoms with E-state index in [9.17, 15) is 19.8 Å². The van der Waals surface area contributed by atoms with Gasteiger partial charge in [0.05, 0.1) is 5.60 Å². The molecule has 210 valence electrons. The number of rotatable bonds is 7. The van der Waals surface area contributed by atoms with Crippen molar-refractivity contribution in [1.82, 2.24) is 0 Å². The molecular weight excluding hydrogens is 468 g/mol. The van der Waals surface area contributed by atoms with E-state index in [1.54, 1.807) is 0 Å². The van der Waals surface area contributed by atoms with Crippen molar-refractivity contribution >= 4 is 11.9 Å². The molecule has 2 N–H and O–H groups in total. The molecule has 0 heterocycles. The van der Waals surface area contributed by atoms with Gasteiger partial charge in [0.25, 0.3) is 0 Å². The van der Waals surface area contributed by atoms with E-state index in [-0.39, 0.29) is 28.8 Å². The summed E-state index contributed by atoms with van der Waals surface area (Å²) in [6.07, 6.45) is 11.0. The molecule has 0 saturated heterocycles. The van der Waals surface area contributed by atoms with Gasteiger partial charge in [0.2, 0.25) is 5.79 Å². The lowest BCUT2D eigenvalue weighted by molar-refractivity contribution is -0.221. The minimum Gasteiger partial charge on any atom is -0.462 e. The van der Waals surface area contributed by atoms with Gasteiger partial charge in [-0.1, -0.05) is 32.4 Å². The van der Waals surface area contributed by atoms with Gasteiger partial charge in [0, 0.05) is 26.7 Å². The molecule has 0 amide bonds. The van der Waals surface area contributed by atoms with Crippen LogP contribution in [0.25, 0.3) is 0 Å². The van der Waals surface area contributed by atoms with Crippen LogP contribution in [-0.2, 0) is 19.1 Å². The van der Waals surface area contributed by atoms with Crippen LogP contribution in [0, 0.1) is 40.4 Å². The Morgan fingerprint density at radius 3 is 2.41 bits per heavy atom. The Morgan fingerprint density at radius 2 is 1.78 bits per heavy atom. The zero-order valence-corrected chi connectivity index (χ0v) is 24.1. The fourth-order valence-corrected chi connectivity index (χ4v) is 9.27. The predicted molar refractivity (Wildman–Crippen MR) is 142 cm³/mol. The highest BCUT2D eigenvalue weighted by Gasteiger charge is 2.61. The van der Waals surface area contributed by atoms with Crippen molar-refractivity contribution in [3.8, 4) is 0 Å². The smallest absolute Gasteiger partial charge is 0.305 e. The third kappa shape index (κ3) is 5.52. The number of esters is 2. The monoisotopic (exact) mass is 518 g/mol. The highest BCUT2D eigenvalue weighted by atomic mass is 16.7. The average Bonchev–Trinajstić information content (AvgIpc) is 3.12. The van der Waals surface area contributed by atoms with Gasteiger partial charge in [0.15, 0.2) is 0 Å². The molecule has 3 saturated carbocycles. The van der Waals surface area contributed by atoms with Crippen LogP contribution in [0.2, 0.25) is 0 Å². The molecule has 0 aromatic heterocycles. The van der Waals surface area contributed by atoms with E-state index in [2.05, 4.69) is 26.8 Å². The van der Waals surface area contributed by atoms with Crippen LogP contribution in [0.3, 0.4) is 0 Å². The summed E-state index contributed by atoms with van der Waals surface area (Å²) in [7, 11) is 0. The normalized spacial score (nSPS) is 40.9.